The molecular formula is C34H35N5O4. The number of fused-ring (bicyclic) bond motifs is 1. The van der Waals surface area contributed by atoms with E-state index in [9.17, 15) is 4.79 Å². The summed E-state index contributed by atoms with van der Waals surface area (Å²) >= 11 is 0. The average molecular weight is 578 g/mol. The number of ether oxygens (including phenoxy) is 2. The van der Waals surface area contributed by atoms with E-state index in [1.54, 1.807) is 0 Å². The second-order valence-electron chi connectivity index (χ2n) is 11.1. The Kier molecular flexibility index (Phi) is 8.60. The van der Waals surface area contributed by atoms with E-state index in [1.165, 1.54) is 0 Å². The molecule has 43 heavy (non-hydrogen) atoms. The maximum atomic E-state index is 12.9. The number of piperazine rings is 1. The first-order valence-electron chi connectivity index (χ1n) is 14.7. The highest BCUT2D eigenvalue weighted by molar-refractivity contribution is 5.98. The number of para-hydroxylation sites is 1. The molecule has 0 atom stereocenters. The fourth-order valence-corrected chi connectivity index (χ4v) is 5.18. The number of rotatable bonds is 10. The number of carbonyl (C=O) groups is 1. The number of amides is 1. The summed E-state index contributed by atoms with van der Waals surface area (Å²) in [5.74, 6) is 3.31. The molecule has 1 aliphatic heterocycles. The van der Waals surface area contributed by atoms with Crippen molar-refractivity contribution in [1.29, 1.82) is 0 Å². The van der Waals surface area contributed by atoms with Crippen LogP contribution in [0.15, 0.2) is 89.5 Å². The highest BCUT2D eigenvalue weighted by Gasteiger charge is 2.27. The van der Waals surface area contributed by atoms with Crippen LogP contribution in [-0.2, 0) is 22.6 Å². The predicted molar refractivity (Wildman–Crippen MR) is 165 cm³/mol. The lowest BCUT2D eigenvalue weighted by molar-refractivity contribution is -0.136. The van der Waals surface area contributed by atoms with Crippen molar-refractivity contribution in [3.8, 4) is 22.8 Å². The molecule has 0 unspecified atom stereocenters. The Hall–Kier alpha value is -4.76. The summed E-state index contributed by atoms with van der Waals surface area (Å²) < 4.78 is 17.6. The second kappa shape index (κ2) is 13.0. The third-order valence-electron chi connectivity index (χ3n) is 7.31. The van der Waals surface area contributed by atoms with Crippen LogP contribution < -0.4 is 9.64 Å². The van der Waals surface area contributed by atoms with E-state index < -0.39 is 0 Å². The minimum Gasteiger partial charge on any atom is -0.457 e. The van der Waals surface area contributed by atoms with Crippen molar-refractivity contribution in [1.82, 2.24) is 20.0 Å². The van der Waals surface area contributed by atoms with Crippen LogP contribution in [0.2, 0.25) is 0 Å². The average Bonchev–Trinajstić information content (AvgIpc) is 3.46. The third kappa shape index (κ3) is 6.84. The molecule has 0 saturated carbocycles. The smallest absolute Gasteiger partial charge is 0.263 e. The van der Waals surface area contributed by atoms with E-state index in [0.29, 0.717) is 61.7 Å². The van der Waals surface area contributed by atoms with Gasteiger partial charge in [0.15, 0.2) is 0 Å². The van der Waals surface area contributed by atoms with Crippen molar-refractivity contribution in [2.24, 2.45) is 5.92 Å². The summed E-state index contributed by atoms with van der Waals surface area (Å²) in [6.45, 7) is 7.14. The number of carbonyl (C=O) groups excluding carboxylic acids is 1. The van der Waals surface area contributed by atoms with Crippen LogP contribution in [-0.4, -0.2) is 58.7 Å². The topological polar surface area (TPSA) is 93.8 Å². The molecule has 220 valence electrons. The lowest BCUT2D eigenvalue weighted by atomic mass is 10.1. The molecule has 0 radical (unpaired) electrons. The molecule has 2 aromatic heterocycles. The van der Waals surface area contributed by atoms with Crippen molar-refractivity contribution in [3.05, 3.63) is 96.3 Å². The lowest BCUT2D eigenvalue weighted by Crippen LogP contribution is -2.50. The fourth-order valence-electron chi connectivity index (χ4n) is 5.18. The quantitative estimate of drug-likeness (QED) is 0.195. The van der Waals surface area contributed by atoms with E-state index in [0.717, 1.165) is 34.5 Å². The normalized spacial score (nSPS) is 13.6. The van der Waals surface area contributed by atoms with Crippen LogP contribution in [0.1, 0.15) is 25.2 Å². The zero-order valence-electron chi connectivity index (χ0n) is 24.5. The Balaban J connectivity index is 1.22. The van der Waals surface area contributed by atoms with Crippen LogP contribution in [0.4, 0.5) is 5.82 Å². The number of hydrogen-bond acceptors (Lipinski definition) is 8. The van der Waals surface area contributed by atoms with Gasteiger partial charge in [-0.3, -0.25) is 4.79 Å². The van der Waals surface area contributed by atoms with Crippen LogP contribution in [0, 0.1) is 5.92 Å². The lowest BCUT2D eigenvalue weighted by Gasteiger charge is -2.35. The molecule has 0 N–H and O–H groups in total. The minimum absolute atomic E-state index is 0.00943. The summed E-state index contributed by atoms with van der Waals surface area (Å²) in [7, 11) is 0. The van der Waals surface area contributed by atoms with Gasteiger partial charge in [-0.15, -0.1) is 0 Å². The van der Waals surface area contributed by atoms with Crippen molar-refractivity contribution in [2.45, 2.75) is 26.9 Å². The molecule has 1 saturated heterocycles. The molecule has 1 aliphatic rings. The SMILES string of the molecule is CC(C)Cc1nc(N2CCN(C(=O)COCc3ccccc3)CC2)c2c(-c3cccc(Oc4ccccc4)c3)noc2n1. The molecule has 9 nitrogen and oxygen atoms in total. The number of aromatic nitrogens is 3. The van der Waals surface area contributed by atoms with Gasteiger partial charge in [-0.1, -0.05) is 79.7 Å². The van der Waals surface area contributed by atoms with Gasteiger partial charge >= 0.3 is 0 Å². The molecule has 0 bridgehead atoms. The van der Waals surface area contributed by atoms with Crippen LogP contribution in [0.5, 0.6) is 11.5 Å². The molecule has 3 heterocycles. The summed E-state index contributed by atoms with van der Waals surface area (Å²) in [5, 5.41) is 5.21. The standard InChI is InChI=1S/C34H35N5O4/c1-24(2)20-29-35-33(39-18-16-38(17-19-39)30(40)23-41-22-25-10-5-3-6-11-25)31-32(37-43-34(31)36-29)26-12-9-15-28(21-26)42-27-13-7-4-8-14-27/h3-15,21,24H,16-20,22-23H2,1-2H3. The van der Waals surface area contributed by atoms with Gasteiger partial charge in [0, 0.05) is 38.2 Å². The molecular weight excluding hydrogens is 542 g/mol. The number of hydrogen-bond donors (Lipinski definition) is 0. The largest absolute Gasteiger partial charge is 0.457 e. The van der Waals surface area contributed by atoms with E-state index in [2.05, 4.69) is 23.9 Å². The Labute approximate surface area is 251 Å². The van der Waals surface area contributed by atoms with Gasteiger partial charge < -0.3 is 23.8 Å². The van der Waals surface area contributed by atoms with E-state index in [1.807, 2.05) is 89.8 Å². The molecule has 5 aromatic rings. The van der Waals surface area contributed by atoms with Gasteiger partial charge in [0.1, 0.15) is 40.8 Å². The van der Waals surface area contributed by atoms with E-state index in [4.69, 9.17) is 24.0 Å². The van der Waals surface area contributed by atoms with Crippen molar-refractivity contribution >= 4 is 22.8 Å². The van der Waals surface area contributed by atoms with Crippen molar-refractivity contribution in [2.75, 3.05) is 37.7 Å². The molecule has 6 rings (SSSR count). The number of anilines is 1. The van der Waals surface area contributed by atoms with Crippen LogP contribution in [0.25, 0.3) is 22.4 Å². The van der Waals surface area contributed by atoms with E-state index in [-0.39, 0.29) is 12.5 Å². The van der Waals surface area contributed by atoms with Gasteiger partial charge in [-0.05, 0) is 35.7 Å². The third-order valence-corrected chi connectivity index (χ3v) is 7.31. The summed E-state index contributed by atoms with van der Waals surface area (Å²) in [5.41, 5.74) is 3.01. The number of benzene rings is 3. The van der Waals surface area contributed by atoms with Gasteiger partial charge in [0.25, 0.3) is 5.71 Å². The summed E-state index contributed by atoms with van der Waals surface area (Å²) in [6.07, 6.45) is 0.719. The molecule has 1 fully saturated rings. The first-order valence-corrected chi connectivity index (χ1v) is 14.7. The minimum atomic E-state index is -0.00943. The Morgan fingerprint density at radius 1 is 0.884 bits per heavy atom. The van der Waals surface area contributed by atoms with Gasteiger partial charge in [-0.25, -0.2) is 4.98 Å². The molecule has 0 spiro atoms. The molecule has 1 amide bonds. The monoisotopic (exact) mass is 577 g/mol. The highest BCUT2D eigenvalue weighted by Crippen LogP contribution is 2.36. The first kappa shape index (κ1) is 28.4. The zero-order valence-corrected chi connectivity index (χ0v) is 24.5. The Morgan fingerprint density at radius 3 is 2.35 bits per heavy atom. The second-order valence-corrected chi connectivity index (χ2v) is 11.1. The van der Waals surface area contributed by atoms with Crippen LogP contribution >= 0.6 is 0 Å². The predicted octanol–water partition coefficient (Wildman–Crippen LogP) is 6.14. The fraction of sp³-hybridized carbons (Fsp3) is 0.294. The molecule has 0 aliphatic carbocycles. The summed E-state index contributed by atoms with van der Waals surface area (Å²) in [6, 6.07) is 27.3. The molecule has 3 aromatic carbocycles. The van der Waals surface area contributed by atoms with Gasteiger partial charge in [0.05, 0.1) is 6.61 Å². The van der Waals surface area contributed by atoms with Crippen molar-refractivity contribution in [3.63, 3.8) is 0 Å². The first-order chi connectivity index (χ1) is 21.0. The molecule has 9 heteroatoms. The maximum absolute atomic E-state index is 12.9. The Morgan fingerprint density at radius 2 is 1.60 bits per heavy atom. The van der Waals surface area contributed by atoms with Gasteiger partial charge in [0.2, 0.25) is 5.91 Å². The Bertz CT molecular complexity index is 1660. The van der Waals surface area contributed by atoms with Crippen molar-refractivity contribution < 1.29 is 18.8 Å². The number of nitrogens with zero attached hydrogens (tertiary/aromatic N) is 5. The maximum Gasteiger partial charge on any atom is 0.263 e. The van der Waals surface area contributed by atoms with E-state index >= 15 is 0 Å². The van der Waals surface area contributed by atoms with Crippen LogP contribution in [0.3, 0.4) is 0 Å². The zero-order chi connectivity index (χ0) is 29.6. The summed E-state index contributed by atoms with van der Waals surface area (Å²) in [4.78, 5) is 26.7. The van der Waals surface area contributed by atoms with Gasteiger partial charge in [-0.2, -0.15) is 4.98 Å². The highest BCUT2D eigenvalue weighted by atomic mass is 16.5.